The maximum atomic E-state index is 4.48. The van der Waals surface area contributed by atoms with Crippen molar-refractivity contribution in [1.82, 2.24) is 20.4 Å². The van der Waals surface area contributed by atoms with Gasteiger partial charge in [0.05, 0.1) is 0 Å². The average Bonchev–Trinajstić information content (AvgIpc) is 2.74. The number of benzene rings is 1. The summed E-state index contributed by atoms with van der Waals surface area (Å²) in [5, 5.41) is 7.25. The van der Waals surface area contributed by atoms with E-state index in [1.54, 1.807) is 0 Å². The Bertz CT molecular complexity index is 611. The first-order chi connectivity index (χ1) is 14.1. The molecule has 0 spiro atoms. The van der Waals surface area contributed by atoms with Crippen LogP contribution in [0, 0.1) is 5.92 Å². The lowest BCUT2D eigenvalue weighted by Gasteiger charge is -2.38. The first-order valence-corrected chi connectivity index (χ1v) is 11.6. The summed E-state index contributed by atoms with van der Waals surface area (Å²) in [5.74, 6) is 1.60. The van der Waals surface area contributed by atoms with Gasteiger partial charge in [-0.2, -0.15) is 0 Å². The molecule has 0 saturated carbocycles. The fourth-order valence-corrected chi connectivity index (χ4v) is 4.71. The van der Waals surface area contributed by atoms with Gasteiger partial charge in [-0.1, -0.05) is 43.7 Å². The van der Waals surface area contributed by atoms with Crippen LogP contribution in [0.15, 0.2) is 35.3 Å². The molecule has 162 valence electrons. The minimum Gasteiger partial charge on any atom is -0.356 e. The molecule has 2 aliphatic rings. The third-order valence-electron chi connectivity index (χ3n) is 6.44. The Morgan fingerprint density at radius 3 is 2.59 bits per heavy atom. The van der Waals surface area contributed by atoms with E-state index in [9.17, 15) is 0 Å². The highest BCUT2D eigenvalue weighted by Crippen LogP contribution is 2.20. The van der Waals surface area contributed by atoms with Gasteiger partial charge >= 0.3 is 0 Å². The number of rotatable bonds is 7. The molecule has 2 saturated heterocycles. The second-order valence-corrected chi connectivity index (χ2v) is 9.09. The lowest BCUT2D eigenvalue weighted by atomic mass is 9.97. The Morgan fingerprint density at radius 1 is 1.14 bits per heavy atom. The topological polar surface area (TPSA) is 42.9 Å². The molecule has 1 aromatic rings. The van der Waals surface area contributed by atoms with Gasteiger partial charge in [0.2, 0.25) is 0 Å². The zero-order valence-electron chi connectivity index (χ0n) is 18.7. The zero-order chi connectivity index (χ0) is 20.5. The molecule has 3 rings (SSSR count). The molecule has 0 bridgehead atoms. The summed E-state index contributed by atoms with van der Waals surface area (Å²) in [7, 11) is 1.89. The first kappa shape index (κ1) is 22.1. The number of guanidine groups is 1. The Kier molecular flexibility index (Phi) is 8.81. The number of nitrogens with zero attached hydrogens (tertiary/aromatic N) is 3. The lowest BCUT2D eigenvalue weighted by Crippen LogP contribution is -2.52. The van der Waals surface area contributed by atoms with Crippen LogP contribution >= 0.6 is 0 Å². The van der Waals surface area contributed by atoms with Crippen LogP contribution < -0.4 is 10.6 Å². The summed E-state index contributed by atoms with van der Waals surface area (Å²) < 4.78 is 0. The van der Waals surface area contributed by atoms with E-state index in [4.69, 9.17) is 0 Å². The maximum Gasteiger partial charge on any atom is 0.191 e. The smallest absolute Gasteiger partial charge is 0.191 e. The predicted octanol–water partition coefficient (Wildman–Crippen LogP) is 3.33. The Balaban J connectivity index is 1.38. The van der Waals surface area contributed by atoms with E-state index in [1.165, 1.54) is 50.9 Å². The van der Waals surface area contributed by atoms with Crippen LogP contribution in [-0.2, 0) is 6.54 Å². The summed E-state index contributed by atoms with van der Waals surface area (Å²) in [6, 6.07) is 11.9. The molecule has 2 aliphatic heterocycles. The van der Waals surface area contributed by atoms with Crippen molar-refractivity contribution in [3.05, 3.63) is 35.9 Å². The maximum absolute atomic E-state index is 4.48. The molecule has 2 fully saturated rings. The summed E-state index contributed by atoms with van der Waals surface area (Å²) in [4.78, 5) is 9.70. The van der Waals surface area contributed by atoms with Crippen molar-refractivity contribution in [2.75, 3.05) is 39.8 Å². The van der Waals surface area contributed by atoms with E-state index in [2.05, 4.69) is 69.6 Å². The zero-order valence-corrected chi connectivity index (χ0v) is 18.7. The molecule has 3 atom stereocenters. The number of hydrogen-bond acceptors (Lipinski definition) is 3. The number of piperidine rings is 2. The van der Waals surface area contributed by atoms with Crippen LogP contribution in [0.3, 0.4) is 0 Å². The summed E-state index contributed by atoms with van der Waals surface area (Å²) in [6.07, 6.45) is 6.47. The Morgan fingerprint density at radius 2 is 1.90 bits per heavy atom. The van der Waals surface area contributed by atoms with E-state index in [1.807, 2.05) is 7.05 Å². The average molecular weight is 400 g/mol. The van der Waals surface area contributed by atoms with E-state index < -0.39 is 0 Å². The minimum atomic E-state index is 0.501. The SMILES string of the molecule is CN=C(NCC(C)CN1CCCCC1)NC1CCN(Cc2ccccc2)C(C)C1. The predicted molar refractivity (Wildman–Crippen MR) is 123 cm³/mol. The number of aliphatic imine (C=N–C) groups is 1. The standard InChI is InChI=1S/C24H41N5/c1-20(18-28-13-8-5-9-14-28)17-26-24(25-3)27-23-12-15-29(21(2)16-23)19-22-10-6-4-7-11-22/h4,6-7,10-11,20-21,23H,5,8-9,12-19H2,1-3H3,(H2,25,26,27). The normalized spacial score (nSPS) is 25.6. The molecular formula is C24H41N5. The summed E-state index contributed by atoms with van der Waals surface area (Å²) in [5.41, 5.74) is 1.41. The van der Waals surface area contributed by atoms with Gasteiger partial charge in [0.1, 0.15) is 0 Å². The number of hydrogen-bond donors (Lipinski definition) is 2. The van der Waals surface area contributed by atoms with Crippen molar-refractivity contribution in [2.45, 2.75) is 64.6 Å². The molecule has 3 unspecified atom stereocenters. The quantitative estimate of drug-likeness (QED) is 0.545. The molecule has 2 N–H and O–H groups in total. The van der Waals surface area contributed by atoms with Crippen LogP contribution in [0.5, 0.6) is 0 Å². The van der Waals surface area contributed by atoms with Gasteiger partial charge in [-0.15, -0.1) is 0 Å². The summed E-state index contributed by atoms with van der Waals surface area (Å²) >= 11 is 0. The second-order valence-electron chi connectivity index (χ2n) is 9.09. The van der Waals surface area contributed by atoms with Crippen LogP contribution in [0.2, 0.25) is 0 Å². The highest BCUT2D eigenvalue weighted by molar-refractivity contribution is 5.79. The van der Waals surface area contributed by atoms with E-state index in [0.29, 0.717) is 18.0 Å². The molecule has 0 aromatic heterocycles. The highest BCUT2D eigenvalue weighted by Gasteiger charge is 2.26. The van der Waals surface area contributed by atoms with Crippen LogP contribution in [0.25, 0.3) is 0 Å². The molecule has 5 nitrogen and oxygen atoms in total. The van der Waals surface area contributed by atoms with E-state index in [0.717, 1.165) is 32.0 Å². The number of likely N-dealkylation sites (tertiary alicyclic amines) is 2. The fourth-order valence-electron chi connectivity index (χ4n) is 4.71. The molecule has 1 aromatic carbocycles. The van der Waals surface area contributed by atoms with E-state index >= 15 is 0 Å². The van der Waals surface area contributed by atoms with Crippen molar-refractivity contribution in [3.63, 3.8) is 0 Å². The second kappa shape index (κ2) is 11.6. The fraction of sp³-hybridized carbons (Fsp3) is 0.708. The van der Waals surface area contributed by atoms with Gasteiger partial charge in [0.25, 0.3) is 0 Å². The van der Waals surface area contributed by atoms with Gasteiger partial charge in [-0.3, -0.25) is 9.89 Å². The molecule has 0 radical (unpaired) electrons. The first-order valence-electron chi connectivity index (χ1n) is 11.6. The van der Waals surface area contributed by atoms with Crippen molar-refractivity contribution in [2.24, 2.45) is 10.9 Å². The van der Waals surface area contributed by atoms with Gasteiger partial charge < -0.3 is 15.5 Å². The van der Waals surface area contributed by atoms with Crippen LogP contribution in [0.1, 0.15) is 51.5 Å². The molecule has 5 heteroatoms. The van der Waals surface area contributed by atoms with Crippen molar-refractivity contribution in [1.29, 1.82) is 0 Å². The van der Waals surface area contributed by atoms with E-state index in [-0.39, 0.29) is 0 Å². The Labute approximate surface area is 178 Å². The minimum absolute atomic E-state index is 0.501. The van der Waals surface area contributed by atoms with Gasteiger partial charge in [-0.05, 0) is 57.2 Å². The van der Waals surface area contributed by atoms with Crippen molar-refractivity contribution in [3.8, 4) is 0 Å². The monoisotopic (exact) mass is 399 g/mol. The molecule has 0 amide bonds. The van der Waals surface area contributed by atoms with Crippen molar-refractivity contribution >= 4 is 5.96 Å². The third-order valence-corrected chi connectivity index (χ3v) is 6.44. The van der Waals surface area contributed by atoms with Gasteiger partial charge in [0.15, 0.2) is 5.96 Å². The molecule has 29 heavy (non-hydrogen) atoms. The third kappa shape index (κ3) is 7.31. The van der Waals surface area contributed by atoms with Crippen molar-refractivity contribution < 1.29 is 0 Å². The lowest BCUT2D eigenvalue weighted by molar-refractivity contribution is 0.134. The number of nitrogens with one attached hydrogen (secondary N) is 2. The van der Waals surface area contributed by atoms with Crippen LogP contribution in [-0.4, -0.2) is 67.6 Å². The van der Waals surface area contributed by atoms with Gasteiger partial charge in [0, 0.05) is 45.3 Å². The summed E-state index contributed by atoms with van der Waals surface area (Å²) in [6.45, 7) is 11.6. The van der Waals surface area contributed by atoms with Crippen LogP contribution in [0.4, 0.5) is 0 Å². The molecular weight excluding hydrogens is 358 g/mol. The molecule has 0 aliphatic carbocycles. The Hall–Kier alpha value is -1.59. The highest BCUT2D eigenvalue weighted by atomic mass is 15.2. The van der Waals surface area contributed by atoms with Gasteiger partial charge in [-0.25, -0.2) is 0 Å². The largest absolute Gasteiger partial charge is 0.356 e. The molecule has 2 heterocycles.